The highest BCUT2D eigenvalue weighted by molar-refractivity contribution is 7.17. The molecular formula is C17H13ClN4O5S. The van der Waals surface area contributed by atoms with Gasteiger partial charge < -0.3 is 14.6 Å². The first-order valence-electron chi connectivity index (χ1n) is 8.22. The molecule has 11 heteroatoms. The Morgan fingerprint density at radius 3 is 2.96 bits per heavy atom. The Hall–Kier alpha value is -2.82. The third kappa shape index (κ3) is 3.37. The van der Waals surface area contributed by atoms with E-state index < -0.39 is 10.8 Å². The summed E-state index contributed by atoms with van der Waals surface area (Å²) >= 11 is 7.43. The Morgan fingerprint density at radius 1 is 1.43 bits per heavy atom. The minimum atomic E-state index is -0.582. The van der Waals surface area contributed by atoms with Gasteiger partial charge in [0.15, 0.2) is 5.82 Å². The Labute approximate surface area is 167 Å². The van der Waals surface area contributed by atoms with E-state index in [4.69, 9.17) is 20.9 Å². The molecule has 0 aliphatic carbocycles. The Bertz CT molecular complexity index is 1090. The molecule has 0 fully saturated rings. The van der Waals surface area contributed by atoms with Crippen molar-refractivity contribution >= 4 is 39.5 Å². The number of rotatable bonds is 4. The number of thiophene rings is 1. The van der Waals surface area contributed by atoms with Crippen molar-refractivity contribution in [3.05, 3.63) is 55.2 Å². The molecule has 2 aromatic heterocycles. The van der Waals surface area contributed by atoms with Crippen molar-refractivity contribution in [1.82, 2.24) is 10.1 Å². The number of halogens is 1. The van der Waals surface area contributed by atoms with E-state index in [1.54, 1.807) is 6.92 Å². The van der Waals surface area contributed by atoms with Crippen LogP contribution in [0.4, 0.5) is 10.7 Å². The van der Waals surface area contributed by atoms with E-state index in [1.807, 2.05) is 0 Å². The number of fused-ring (bicyclic) bond motifs is 1. The molecule has 0 radical (unpaired) electrons. The predicted molar refractivity (Wildman–Crippen MR) is 102 cm³/mol. The van der Waals surface area contributed by atoms with Crippen molar-refractivity contribution in [2.75, 3.05) is 11.9 Å². The predicted octanol–water partition coefficient (Wildman–Crippen LogP) is 3.99. The van der Waals surface area contributed by atoms with Crippen LogP contribution in [0.2, 0.25) is 5.02 Å². The zero-order chi connectivity index (χ0) is 19.8. The van der Waals surface area contributed by atoms with Gasteiger partial charge in [-0.3, -0.25) is 14.9 Å². The lowest BCUT2D eigenvalue weighted by atomic mass is 10.1. The van der Waals surface area contributed by atoms with Crippen LogP contribution in [0, 0.1) is 17.0 Å². The van der Waals surface area contributed by atoms with Crippen molar-refractivity contribution in [2.24, 2.45) is 0 Å². The van der Waals surface area contributed by atoms with Gasteiger partial charge in [0.1, 0.15) is 5.00 Å². The van der Waals surface area contributed by atoms with E-state index in [0.29, 0.717) is 41.9 Å². The monoisotopic (exact) mass is 420 g/mol. The first-order valence-corrected chi connectivity index (χ1v) is 9.41. The maximum Gasteiger partial charge on any atom is 0.270 e. The molecule has 1 aliphatic rings. The fraction of sp³-hybridized carbons (Fsp3) is 0.235. The summed E-state index contributed by atoms with van der Waals surface area (Å²) in [5.74, 6) is 0.212. The molecule has 1 amide bonds. The van der Waals surface area contributed by atoms with Crippen molar-refractivity contribution in [1.29, 1.82) is 0 Å². The van der Waals surface area contributed by atoms with Gasteiger partial charge in [0.05, 0.1) is 34.3 Å². The lowest BCUT2D eigenvalue weighted by Crippen LogP contribution is -2.13. The van der Waals surface area contributed by atoms with Crippen LogP contribution in [-0.4, -0.2) is 27.6 Å². The average molecular weight is 421 g/mol. The van der Waals surface area contributed by atoms with Crippen LogP contribution in [-0.2, 0) is 17.8 Å². The lowest BCUT2D eigenvalue weighted by Gasteiger charge is -2.12. The van der Waals surface area contributed by atoms with Crippen LogP contribution in [0.25, 0.3) is 11.5 Å². The molecule has 0 saturated carbocycles. The van der Waals surface area contributed by atoms with Gasteiger partial charge in [0, 0.05) is 17.0 Å². The van der Waals surface area contributed by atoms with E-state index in [1.165, 1.54) is 23.5 Å². The summed E-state index contributed by atoms with van der Waals surface area (Å²) in [5, 5.41) is 18.2. The summed E-state index contributed by atoms with van der Waals surface area (Å²) in [6.07, 6.45) is 0.649. The third-order valence-corrected chi connectivity index (χ3v) is 5.64. The molecule has 0 atom stereocenters. The van der Waals surface area contributed by atoms with Gasteiger partial charge in [-0.1, -0.05) is 16.8 Å². The van der Waals surface area contributed by atoms with E-state index in [0.717, 1.165) is 16.5 Å². The number of aromatic nitrogens is 2. The molecule has 1 aliphatic heterocycles. The molecule has 9 nitrogen and oxygen atoms in total. The number of nitro groups is 1. The quantitative estimate of drug-likeness (QED) is 0.500. The van der Waals surface area contributed by atoms with Crippen LogP contribution in [0.3, 0.4) is 0 Å². The molecule has 0 spiro atoms. The van der Waals surface area contributed by atoms with Gasteiger partial charge in [0.2, 0.25) is 0 Å². The van der Waals surface area contributed by atoms with Crippen LogP contribution in [0.5, 0.6) is 0 Å². The SMILES string of the molecule is Cc1noc(-c2c(NC(=O)c3cc([N+](=O)[O-])ccc3Cl)sc3c2CCOC3)n1. The molecule has 0 unspecified atom stereocenters. The smallest absolute Gasteiger partial charge is 0.270 e. The maximum atomic E-state index is 12.8. The van der Waals surface area contributed by atoms with Crippen LogP contribution < -0.4 is 5.32 Å². The highest BCUT2D eigenvalue weighted by Gasteiger charge is 2.27. The minimum absolute atomic E-state index is 0.00569. The number of nitrogens with zero attached hydrogens (tertiary/aromatic N) is 3. The summed E-state index contributed by atoms with van der Waals surface area (Å²) in [7, 11) is 0. The molecule has 3 heterocycles. The number of amides is 1. The largest absolute Gasteiger partial charge is 0.376 e. The van der Waals surface area contributed by atoms with Crippen molar-refractivity contribution in [3.63, 3.8) is 0 Å². The number of nitrogens with one attached hydrogen (secondary N) is 1. The summed E-state index contributed by atoms with van der Waals surface area (Å²) in [4.78, 5) is 28.5. The highest BCUT2D eigenvalue weighted by atomic mass is 35.5. The first kappa shape index (κ1) is 18.5. The van der Waals surface area contributed by atoms with Crippen LogP contribution in [0.1, 0.15) is 26.6 Å². The van der Waals surface area contributed by atoms with Crippen LogP contribution >= 0.6 is 22.9 Å². The molecule has 0 bridgehead atoms. The zero-order valence-electron chi connectivity index (χ0n) is 14.5. The maximum absolute atomic E-state index is 12.8. The fourth-order valence-corrected chi connectivity index (χ4v) is 4.29. The average Bonchev–Trinajstić information content (AvgIpc) is 3.24. The van der Waals surface area contributed by atoms with Crippen molar-refractivity contribution in [2.45, 2.75) is 20.0 Å². The van der Waals surface area contributed by atoms with E-state index in [-0.39, 0.29) is 16.3 Å². The lowest BCUT2D eigenvalue weighted by molar-refractivity contribution is -0.384. The number of benzene rings is 1. The van der Waals surface area contributed by atoms with Gasteiger partial charge in [-0.2, -0.15) is 4.98 Å². The molecule has 4 rings (SSSR count). The van der Waals surface area contributed by atoms with E-state index in [2.05, 4.69) is 15.5 Å². The molecule has 28 heavy (non-hydrogen) atoms. The second-order valence-corrected chi connectivity index (χ2v) is 7.55. The summed E-state index contributed by atoms with van der Waals surface area (Å²) in [6.45, 7) is 2.68. The highest BCUT2D eigenvalue weighted by Crippen LogP contribution is 2.42. The molecule has 1 aromatic carbocycles. The number of ether oxygens (including phenoxy) is 1. The van der Waals surface area contributed by atoms with E-state index >= 15 is 0 Å². The normalized spacial score (nSPS) is 13.2. The number of hydrogen-bond donors (Lipinski definition) is 1. The number of carbonyl (C=O) groups is 1. The van der Waals surface area contributed by atoms with Gasteiger partial charge >= 0.3 is 0 Å². The topological polar surface area (TPSA) is 120 Å². The van der Waals surface area contributed by atoms with Gasteiger partial charge in [-0.25, -0.2) is 0 Å². The number of carbonyl (C=O) groups excluding carboxylic acids is 1. The fourth-order valence-electron chi connectivity index (χ4n) is 2.92. The molecule has 144 valence electrons. The van der Waals surface area contributed by atoms with Gasteiger partial charge in [-0.15, -0.1) is 11.3 Å². The number of hydrogen-bond acceptors (Lipinski definition) is 8. The standard InChI is InChI=1S/C17H13ClN4O5S/c1-8-19-16(27-21-8)14-10-4-5-26-7-13(10)28-17(14)20-15(23)11-6-9(22(24)25)2-3-12(11)18/h2-3,6H,4-5,7H2,1H3,(H,20,23). The van der Waals surface area contributed by atoms with Crippen molar-refractivity contribution in [3.8, 4) is 11.5 Å². The number of non-ortho nitro benzene ring substituents is 1. The van der Waals surface area contributed by atoms with E-state index in [9.17, 15) is 14.9 Å². The van der Waals surface area contributed by atoms with Gasteiger partial charge in [0.25, 0.3) is 17.5 Å². The van der Waals surface area contributed by atoms with Crippen LogP contribution in [0.15, 0.2) is 22.7 Å². The Kier molecular flexibility index (Phi) is 4.84. The van der Waals surface area contributed by atoms with Gasteiger partial charge in [-0.05, 0) is 25.0 Å². The number of nitro benzene ring substituents is 1. The molecule has 0 saturated heterocycles. The first-order chi connectivity index (χ1) is 13.4. The summed E-state index contributed by atoms with van der Waals surface area (Å²) in [6, 6.07) is 3.71. The molecule has 1 N–H and O–H groups in total. The number of aryl methyl sites for hydroxylation is 1. The summed E-state index contributed by atoms with van der Waals surface area (Å²) < 4.78 is 10.8. The van der Waals surface area contributed by atoms with Crippen molar-refractivity contribution < 1.29 is 19.0 Å². The zero-order valence-corrected chi connectivity index (χ0v) is 16.1. The minimum Gasteiger partial charge on any atom is -0.376 e. The molecular weight excluding hydrogens is 408 g/mol. The number of anilines is 1. The molecule has 3 aromatic rings. The second kappa shape index (κ2) is 7.30. The second-order valence-electron chi connectivity index (χ2n) is 6.03. The third-order valence-electron chi connectivity index (χ3n) is 4.19. The summed E-state index contributed by atoms with van der Waals surface area (Å²) in [5.41, 5.74) is 1.42. The Morgan fingerprint density at radius 2 is 2.25 bits per heavy atom. The Balaban J connectivity index is 1.74.